The smallest absolute Gasteiger partial charge is 0.310 e. The third kappa shape index (κ3) is 5.77. The van der Waals surface area contributed by atoms with E-state index in [1.165, 1.54) is 25.7 Å². The van der Waals surface area contributed by atoms with Crippen LogP contribution in [0.25, 0.3) is 0 Å². The Hall–Kier alpha value is -1.51. The van der Waals surface area contributed by atoms with Gasteiger partial charge in [0.15, 0.2) is 0 Å². The van der Waals surface area contributed by atoms with Gasteiger partial charge in [0.25, 0.3) is 0 Å². The molecule has 0 fully saturated rings. The third-order valence-electron chi connectivity index (χ3n) is 3.46. The zero-order chi connectivity index (χ0) is 14.1. The van der Waals surface area contributed by atoms with Gasteiger partial charge in [-0.2, -0.15) is 0 Å². The molecule has 1 rings (SSSR count). The highest BCUT2D eigenvalue weighted by Crippen LogP contribution is 2.24. The van der Waals surface area contributed by atoms with Gasteiger partial charge in [-0.15, -0.1) is 0 Å². The molecule has 0 aromatic heterocycles. The van der Waals surface area contributed by atoms with Crippen molar-refractivity contribution in [2.45, 2.75) is 57.8 Å². The van der Waals surface area contributed by atoms with E-state index in [9.17, 15) is 9.90 Å². The molecule has 3 heteroatoms. The van der Waals surface area contributed by atoms with Crippen LogP contribution in [0, 0.1) is 0 Å². The van der Waals surface area contributed by atoms with E-state index in [1.807, 2.05) is 12.1 Å². The number of aliphatic carboxylic acids is 1. The molecule has 106 valence electrons. The predicted molar refractivity (Wildman–Crippen MR) is 79.2 cm³/mol. The Bertz CT molecular complexity index is 390. The number of unbranched alkanes of at least 4 members (excludes halogenated alkanes) is 5. The molecule has 1 unspecified atom stereocenters. The minimum atomic E-state index is -0.751. The van der Waals surface area contributed by atoms with Crippen LogP contribution in [0.5, 0.6) is 0 Å². The molecule has 0 aliphatic heterocycles. The lowest BCUT2D eigenvalue weighted by Gasteiger charge is -2.13. The van der Waals surface area contributed by atoms with E-state index < -0.39 is 11.9 Å². The van der Waals surface area contributed by atoms with Gasteiger partial charge in [0.2, 0.25) is 0 Å². The van der Waals surface area contributed by atoms with E-state index in [1.54, 1.807) is 12.1 Å². The summed E-state index contributed by atoms with van der Waals surface area (Å²) >= 11 is 0. The number of anilines is 1. The molecule has 0 radical (unpaired) electrons. The van der Waals surface area contributed by atoms with Crippen LogP contribution in [-0.4, -0.2) is 11.1 Å². The Morgan fingerprint density at radius 3 is 2.53 bits per heavy atom. The van der Waals surface area contributed by atoms with Crippen molar-refractivity contribution < 1.29 is 9.90 Å². The van der Waals surface area contributed by atoms with Crippen LogP contribution >= 0.6 is 0 Å². The van der Waals surface area contributed by atoms with Crippen LogP contribution in [0.2, 0.25) is 0 Å². The molecule has 0 aliphatic carbocycles. The number of carbonyl (C=O) groups is 1. The lowest BCUT2D eigenvalue weighted by molar-refractivity contribution is -0.139. The van der Waals surface area contributed by atoms with Crippen LogP contribution < -0.4 is 5.73 Å². The Morgan fingerprint density at radius 2 is 1.89 bits per heavy atom. The summed E-state index contributed by atoms with van der Waals surface area (Å²) in [5, 5.41) is 9.32. The zero-order valence-corrected chi connectivity index (χ0v) is 11.8. The quantitative estimate of drug-likeness (QED) is 0.518. The highest BCUT2D eigenvalue weighted by Gasteiger charge is 2.19. The van der Waals surface area contributed by atoms with Crippen molar-refractivity contribution in [3.63, 3.8) is 0 Å². The third-order valence-corrected chi connectivity index (χ3v) is 3.46. The van der Waals surface area contributed by atoms with Gasteiger partial charge in [0, 0.05) is 5.69 Å². The molecule has 1 aromatic carbocycles. The summed E-state index contributed by atoms with van der Waals surface area (Å²) in [6.45, 7) is 2.19. The Morgan fingerprint density at radius 1 is 1.21 bits per heavy atom. The minimum absolute atomic E-state index is 0.422. The number of hydrogen-bond acceptors (Lipinski definition) is 2. The van der Waals surface area contributed by atoms with Crippen LogP contribution in [0.3, 0.4) is 0 Å². The molecule has 0 saturated carbocycles. The summed E-state index contributed by atoms with van der Waals surface area (Å²) in [6, 6.07) is 7.23. The first-order valence-corrected chi connectivity index (χ1v) is 7.23. The average molecular weight is 263 g/mol. The van der Waals surface area contributed by atoms with Crippen LogP contribution in [-0.2, 0) is 4.79 Å². The van der Waals surface area contributed by atoms with E-state index >= 15 is 0 Å². The molecule has 0 aliphatic rings. The molecule has 1 aromatic rings. The molecule has 0 amide bonds. The van der Waals surface area contributed by atoms with Crippen molar-refractivity contribution in [3.05, 3.63) is 29.8 Å². The predicted octanol–water partition coefficient (Wildman–Crippen LogP) is 4.19. The summed E-state index contributed by atoms with van der Waals surface area (Å²) in [4.78, 5) is 11.3. The Kier molecular flexibility index (Phi) is 7.01. The molecule has 0 heterocycles. The van der Waals surface area contributed by atoms with E-state index in [-0.39, 0.29) is 0 Å². The lowest BCUT2D eigenvalue weighted by atomic mass is 9.92. The monoisotopic (exact) mass is 263 g/mol. The number of hydrogen-bond donors (Lipinski definition) is 2. The number of carboxylic acids is 1. The molecule has 1 atom stereocenters. The standard InChI is InChI=1S/C16H25NO2/c1-2-3-4-5-6-7-11-15(16(18)19)13-9-8-10-14(17)12-13/h8-10,12,15H,2-7,11,17H2,1H3,(H,18,19). The van der Waals surface area contributed by atoms with Gasteiger partial charge in [0.1, 0.15) is 0 Å². The molecule has 3 nitrogen and oxygen atoms in total. The first-order chi connectivity index (χ1) is 9.15. The zero-order valence-electron chi connectivity index (χ0n) is 11.8. The van der Waals surface area contributed by atoms with E-state index in [0.717, 1.165) is 18.4 Å². The van der Waals surface area contributed by atoms with Gasteiger partial charge in [-0.25, -0.2) is 0 Å². The van der Waals surface area contributed by atoms with Gasteiger partial charge >= 0.3 is 5.97 Å². The SMILES string of the molecule is CCCCCCCCC(C(=O)O)c1cccc(N)c1. The number of rotatable bonds is 9. The van der Waals surface area contributed by atoms with Crippen molar-refractivity contribution >= 4 is 11.7 Å². The Labute approximate surface area is 115 Å². The summed E-state index contributed by atoms with van der Waals surface area (Å²) in [7, 11) is 0. The summed E-state index contributed by atoms with van der Waals surface area (Å²) in [6.07, 6.45) is 7.76. The fourth-order valence-corrected chi connectivity index (χ4v) is 2.34. The van der Waals surface area contributed by atoms with Crippen molar-refractivity contribution in [2.24, 2.45) is 0 Å². The lowest BCUT2D eigenvalue weighted by Crippen LogP contribution is -2.12. The Balaban J connectivity index is 2.44. The molecule has 0 spiro atoms. The van der Waals surface area contributed by atoms with Crippen molar-refractivity contribution in [3.8, 4) is 0 Å². The second-order valence-electron chi connectivity index (χ2n) is 5.12. The average Bonchev–Trinajstić information content (AvgIpc) is 2.37. The molecule has 3 N–H and O–H groups in total. The first-order valence-electron chi connectivity index (χ1n) is 7.23. The minimum Gasteiger partial charge on any atom is -0.481 e. The van der Waals surface area contributed by atoms with Crippen molar-refractivity contribution in [1.29, 1.82) is 0 Å². The van der Waals surface area contributed by atoms with Gasteiger partial charge in [-0.05, 0) is 24.1 Å². The molecule has 0 saturated heterocycles. The highest BCUT2D eigenvalue weighted by atomic mass is 16.4. The molecular weight excluding hydrogens is 238 g/mol. The van der Waals surface area contributed by atoms with Gasteiger partial charge in [0.05, 0.1) is 5.92 Å². The summed E-state index contributed by atoms with van der Waals surface area (Å²) < 4.78 is 0. The molecule has 19 heavy (non-hydrogen) atoms. The first kappa shape index (κ1) is 15.5. The van der Waals surface area contributed by atoms with E-state index in [0.29, 0.717) is 12.1 Å². The second kappa shape index (κ2) is 8.57. The van der Waals surface area contributed by atoms with Crippen molar-refractivity contribution in [1.82, 2.24) is 0 Å². The van der Waals surface area contributed by atoms with Gasteiger partial charge in [-0.3, -0.25) is 4.79 Å². The van der Waals surface area contributed by atoms with Gasteiger partial charge < -0.3 is 10.8 Å². The van der Waals surface area contributed by atoms with E-state index in [4.69, 9.17) is 5.73 Å². The number of nitrogen functional groups attached to an aromatic ring is 1. The highest BCUT2D eigenvalue weighted by molar-refractivity contribution is 5.76. The maximum atomic E-state index is 11.3. The summed E-state index contributed by atoms with van der Waals surface area (Å²) in [5.74, 6) is -1.17. The fraction of sp³-hybridized carbons (Fsp3) is 0.562. The number of nitrogens with two attached hydrogens (primary N) is 1. The molecule has 0 bridgehead atoms. The maximum absolute atomic E-state index is 11.3. The topological polar surface area (TPSA) is 63.3 Å². The normalized spacial score (nSPS) is 12.3. The van der Waals surface area contributed by atoms with Crippen LogP contribution in [0.1, 0.15) is 63.4 Å². The van der Waals surface area contributed by atoms with Crippen LogP contribution in [0.4, 0.5) is 5.69 Å². The fourth-order valence-electron chi connectivity index (χ4n) is 2.34. The summed E-state index contributed by atoms with van der Waals surface area (Å²) in [5.41, 5.74) is 7.16. The van der Waals surface area contributed by atoms with Gasteiger partial charge in [-0.1, -0.05) is 57.6 Å². The van der Waals surface area contributed by atoms with Crippen molar-refractivity contribution in [2.75, 3.05) is 5.73 Å². The maximum Gasteiger partial charge on any atom is 0.310 e. The molecular formula is C16H25NO2. The van der Waals surface area contributed by atoms with Crippen LogP contribution in [0.15, 0.2) is 24.3 Å². The largest absolute Gasteiger partial charge is 0.481 e. The van der Waals surface area contributed by atoms with E-state index in [2.05, 4.69) is 6.92 Å². The number of carboxylic acid groups (broad SMARTS) is 1. The second-order valence-corrected chi connectivity index (χ2v) is 5.12. The number of benzene rings is 1.